The molecule has 0 bridgehead atoms. The summed E-state index contributed by atoms with van der Waals surface area (Å²) in [5.74, 6) is 0.838. The van der Waals surface area contributed by atoms with E-state index in [0.717, 1.165) is 40.5 Å². The molecule has 1 aromatic carbocycles. The molecule has 1 fully saturated rings. The second-order valence-corrected chi connectivity index (χ2v) is 12.0. The van der Waals surface area contributed by atoms with Gasteiger partial charge in [-0.3, -0.25) is 0 Å². The fourth-order valence-electron chi connectivity index (χ4n) is 4.00. The maximum absolute atomic E-state index is 11.9. The van der Waals surface area contributed by atoms with E-state index >= 15 is 0 Å². The summed E-state index contributed by atoms with van der Waals surface area (Å²) in [5, 5.41) is 9.06. The zero-order chi connectivity index (χ0) is 23.2. The van der Waals surface area contributed by atoms with Crippen LogP contribution in [0.4, 0.5) is 5.82 Å². The van der Waals surface area contributed by atoms with Crippen LogP contribution in [0.1, 0.15) is 6.92 Å². The van der Waals surface area contributed by atoms with Crippen LogP contribution in [-0.2, 0) is 14.6 Å². The van der Waals surface area contributed by atoms with Gasteiger partial charge >= 0.3 is 0 Å². The average molecular weight is 596 g/mol. The van der Waals surface area contributed by atoms with Crippen LogP contribution in [0, 0.1) is 0 Å². The third-order valence-electron chi connectivity index (χ3n) is 5.70. The molecular weight excluding hydrogens is 574 g/mol. The molecule has 0 N–H and O–H groups in total. The molecule has 1 aliphatic heterocycles. The van der Waals surface area contributed by atoms with Crippen molar-refractivity contribution >= 4 is 49.7 Å². The quantitative estimate of drug-likeness (QED) is 0.256. The third-order valence-corrected chi connectivity index (χ3v) is 8.71. The van der Waals surface area contributed by atoms with Crippen LogP contribution in [0.5, 0.6) is 0 Å². The Labute approximate surface area is 206 Å². The van der Waals surface area contributed by atoms with Crippen LogP contribution in [-0.4, -0.2) is 64.6 Å². The lowest BCUT2D eigenvalue weighted by Gasteiger charge is -2.34. The number of aromatic nitrogens is 5. The number of fused-ring (bicyclic) bond motifs is 1. The van der Waals surface area contributed by atoms with E-state index in [2.05, 4.69) is 44.1 Å². The Balaban J connectivity index is 1.72. The Bertz CT molecular complexity index is 1420. The number of hydrogen-bond donors (Lipinski definition) is 0. The Hall–Kier alpha value is -2.08. The summed E-state index contributed by atoms with van der Waals surface area (Å²) in [6, 6.07) is 11.1. The summed E-state index contributed by atoms with van der Waals surface area (Å²) in [6.45, 7) is 4.15. The Morgan fingerprint density at radius 1 is 1.15 bits per heavy atom. The van der Waals surface area contributed by atoms with Crippen LogP contribution in [0.3, 0.4) is 0 Å². The topological polar surface area (TPSA) is 94.6 Å². The lowest BCUT2D eigenvalue weighted by molar-refractivity contribution is 0.0985. The van der Waals surface area contributed by atoms with Gasteiger partial charge in [0.25, 0.3) is 0 Å². The Morgan fingerprint density at radius 3 is 2.64 bits per heavy atom. The average Bonchev–Trinajstić information content (AvgIpc) is 3.44. The molecule has 3 aromatic heterocycles. The van der Waals surface area contributed by atoms with Crippen molar-refractivity contribution in [2.45, 2.75) is 17.9 Å². The summed E-state index contributed by atoms with van der Waals surface area (Å²) in [7, 11) is -3.28. The van der Waals surface area contributed by atoms with Gasteiger partial charge in [0, 0.05) is 30.6 Å². The summed E-state index contributed by atoms with van der Waals surface area (Å²) in [4.78, 5) is 7.54. The van der Waals surface area contributed by atoms with Crippen molar-refractivity contribution in [2.75, 3.05) is 30.9 Å². The molecule has 0 aliphatic carbocycles. The lowest BCUT2D eigenvalue weighted by Crippen LogP contribution is -2.44. The number of morpholine rings is 1. The van der Waals surface area contributed by atoms with Crippen molar-refractivity contribution < 1.29 is 13.2 Å². The first-order chi connectivity index (χ1) is 15.9. The van der Waals surface area contributed by atoms with Gasteiger partial charge in [0.2, 0.25) is 0 Å². The molecule has 1 unspecified atom stereocenters. The standard InChI is InChI=1S/C21H22IN6O3PS/c1-14-13-31-10-9-26(14)20-11-19(15-3-5-16(6-4-15)33(2,29)30)27-21(25-20)17(12-24-27)18-7-8-23-28(18)32-22/h3-8,11-12,14,32H,9-10,13H2,1-2H3/t14-/m1/s1. The van der Waals surface area contributed by atoms with Crippen LogP contribution >= 0.6 is 28.4 Å². The van der Waals surface area contributed by atoms with Crippen LogP contribution in [0.15, 0.2) is 53.7 Å². The highest BCUT2D eigenvalue weighted by atomic mass is 127. The fourth-order valence-corrected chi connectivity index (χ4v) is 6.18. The molecule has 5 rings (SSSR count). The monoisotopic (exact) mass is 596 g/mol. The maximum atomic E-state index is 11.9. The van der Waals surface area contributed by atoms with Crippen LogP contribution < -0.4 is 4.90 Å². The fraction of sp³-hybridized carbons (Fsp3) is 0.286. The first-order valence-electron chi connectivity index (χ1n) is 10.3. The van der Waals surface area contributed by atoms with Crippen molar-refractivity contribution in [3.63, 3.8) is 0 Å². The van der Waals surface area contributed by atoms with E-state index in [1.54, 1.807) is 18.3 Å². The molecule has 0 amide bonds. The molecule has 12 heteroatoms. The largest absolute Gasteiger partial charge is 0.377 e. The minimum Gasteiger partial charge on any atom is -0.377 e. The zero-order valence-corrected chi connectivity index (χ0v) is 22.0. The molecule has 172 valence electrons. The SMILES string of the molecule is C[C@@H]1COCCN1c1cc(-c2ccc(S(C)(=O)=O)cc2)n2ncc(-c3ccnn3PI)c2n1. The number of hydrogen-bond acceptors (Lipinski definition) is 7. The highest BCUT2D eigenvalue weighted by Crippen LogP contribution is 2.35. The molecule has 33 heavy (non-hydrogen) atoms. The summed E-state index contributed by atoms with van der Waals surface area (Å²) in [6.07, 6.45) is 5.25. The highest BCUT2D eigenvalue weighted by molar-refractivity contribution is 14.2. The van der Waals surface area contributed by atoms with E-state index in [-0.39, 0.29) is 10.9 Å². The van der Waals surface area contributed by atoms with Gasteiger partial charge in [-0.25, -0.2) is 22.4 Å². The maximum Gasteiger partial charge on any atom is 0.175 e. The van der Waals surface area contributed by atoms with Crippen molar-refractivity contribution in [3.8, 4) is 22.5 Å². The Kier molecular flexibility index (Phi) is 6.15. The van der Waals surface area contributed by atoms with E-state index in [9.17, 15) is 8.42 Å². The summed E-state index contributed by atoms with van der Waals surface area (Å²) < 4.78 is 33.2. The third kappa shape index (κ3) is 4.27. The molecule has 0 spiro atoms. The smallest absolute Gasteiger partial charge is 0.175 e. The number of rotatable bonds is 5. The number of ether oxygens (including phenoxy) is 1. The number of nitrogens with zero attached hydrogens (tertiary/aromatic N) is 6. The highest BCUT2D eigenvalue weighted by Gasteiger charge is 2.24. The zero-order valence-electron chi connectivity index (χ0n) is 18.0. The van der Waals surface area contributed by atoms with Crippen molar-refractivity contribution in [3.05, 3.63) is 48.8 Å². The van der Waals surface area contributed by atoms with E-state index in [4.69, 9.17) is 9.72 Å². The molecule has 4 heterocycles. The normalized spacial score (nSPS) is 17.4. The van der Waals surface area contributed by atoms with E-state index in [1.165, 1.54) is 6.26 Å². The predicted molar refractivity (Wildman–Crippen MR) is 138 cm³/mol. The number of sulfone groups is 1. The van der Waals surface area contributed by atoms with Gasteiger partial charge in [0.15, 0.2) is 15.5 Å². The van der Waals surface area contributed by atoms with E-state index in [0.29, 0.717) is 19.6 Å². The molecular formula is C21H22IN6O3PS. The van der Waals surface area contributed by atoms with Gasteiger partial charge in [-0.05, 0) is 47.2 Å². The molecule has 0 saturated carbocycles. The molecule has 2 atom stereocenters. The summed E-state index contributed by atoms with van der Waals surface area (Å²) >= 11 is 2.30. The number of benzene rings is 1. The number of anilines is 1. The number of halogens is 1. The van der Waals surface area contributed by atoms with Gasteiger partial charge in [-0.1, -0.05) is 12.1 Å². The van der Waals surface area contributed by atoms with Gasteiger partial charge in [-0.15, -0.1) is 0 Å². The second kappa shape index (κ2) is 8.94. The minimum atomic E-state index is -3.28. The summed E-state index contributed by atoms with van der Waals surface area (Å²) in [5.41, 5.74) is 4.27. The first kappa shape index (κ1) is 22.7. The second-order valence-electron chi connectivity index (χ2n) is 7.92. The Morgan fingerprint density at radius 2 is 1.94 bits per heavy atom. The predicted octanol–water partition coefficient (Wildman–Crippen LogP) is 3.68. The lowest BCUT2D eigenvalue weighted by atomic mass is 10.1. The molecule has 1 saturated heterocycles. The van der Waals surface area contributed by atoms with Gasteiger partial charge in [0.1, 0.15) is 5.82 Å². The van der Waals surface area contributed by atoms with E-state index < -0.39 is 9.84 Å². The van der Waals surface area contributed by atoms with Crippen molar-refractivity contribution in [2.24, 2.45) is 0 Å². The minimum absolute atomic E-state index is 0.182. The molecule has 9 nitrogen and oxygen atoms in total. The molecule has 1 aliphatic rings. The van der Waals surface area contributed by atoms with Crippen molar-refractivity contribution in [1.29, 1.82) is 0 Å². The van der Waals surface area contributed by atoms with Gasteiger partial charge in [0.05, 0.1) is 53.7 Å². The van der Waals surface area contributed by atoms with E-state index in [1.807, 2.05) is 39.4 Å². The molecule has 0 radical (unpaired) electrons. The van der Waals surface area contributed by atoms with Crippen molar-refractivity contribution in [1.82, 2.24) is 24.1 Å². The van der Waals surface area contributed by atoms with Gasteiger partial charge in [-0.2, -0.15) is 10.2 Å². The van der Waals surface area contributed by atoms with Gasteiger partial charge < -0.3 is 9.64 Å². The van der Waals surface area contributed by atoms with Crippen LogP contribution in [0.25, 0.3) is 28.2 Å². The first-order valence-corrected chi connectivity index (χ1v) is 16.3. The van der Waals surface area contributed by atoms with Crippen LogP contribution in [0.2, 0.25) is 0 Å². The molecule has 4 aromatic rings.